The molecular weight excluding hydrogens is 294 g/mol. The molecule has 0 saturated carbocycles. The van der Waals surface area contributed by atoms with Gasteiger partial charge in [0.25, 0.3) is 0 Å². The van der Waals surface area contributed by atoms with E-state index in [1.807, 2.05) is 24.0 Å². The highest BCUT2D eigenvalue weighted by molar-refractivity contribution is 5.91. The van der Waals surface area contributed by atoms with E-state index < -0.39 is 0 Å². The summed E-state index contributed by atoms with van der Waals surface area (Å²) in [6, 6.07) is 3.43. The van der Waals surface area contributed by atoms with E-state index in [1.165, 1.54) is 0 Å². The van der Waals surface area contributed by atoms with Gasteiger partial charge in [-0.1, -0.05) is 6.92 Å². The number of aryl methyl sites for hydroxylation is 1. The van der Waals surface area contributed by atoms with Crippen molar-refractivity contribution in [1.82, 2.24) is 14.7 Å². The molecular formula is C17H25N3O3. The molecule has 0 bridgehead atoms. The van der Waals surface area contributed by atoms with Crippen molar-refractivity contribution in [3.05, 3.63) is 23.7 Å². The predicted octanol–water partition coefficient (Wildman–Crippen LogP) is 1.24. The van der Waals surface area contributed by atoms with Crippen LogP contribution in [0.25, 0.3) is 0 Å². The van der Waals surface area contributed by atoms with Crippen molar-refractivity contribution in [3.63, 3.8) is 0 Å². The number of piperazine rings is 1. The summed E-state index contributed by atoms with van der Waals surface area (Å²) < 4.78 is 5.57. The highest BCUT2D eigenvalue weighted by Gasteiger charge is 2.39. The molecule has 2 fully saturated rings. The van der Waals surface area contributed by atoms with Crippen LogP contribution in [0.4, 0.5) is 0 Å². The number of likely N-dealkylation sites (N-methyl/N-ethyl adjacent to an activating group) is 1. The second-order valence-corrected chi connectivity index (χ2v) is 6.35. The third-order valence-corrected chi connectivity index (χ3v) is 4.87. The predicted molar refractivity (Wildman–Crippen MR) is 85.7 cm³/mol. The van der Waals surface area contributed by atoms with Crippen LogP contribution in [0.2, 0.25) is 0 Å². The van der Waals surface area contributed by atoms with Crippen LogP contribution in [0.5, 0.6) is 0 Å². The maximum Gasteiger partial charge on any atom is 0.245 e. The summed E-state index contributed by atoms with van der Waals surface area (Å²) in [5.74, 6) is 1.70. The Morgan fingerprint density at radius 2 is 2.00 bits per heavy atom. The third kappa shape index (κ3) is 3.42. The number of hydrogen-bond acceptors (Lipinski definition) is 4. The Balaban J connectivity index is 1.65. The van der Waals surface area contributed by atoms with Gasteiger partial charge < -0.3 is 19.1 Å². The SMILES string of the molecule is CCN1CCN(C(=O)C2CCC(=O)N2Cc2ccc(C)o2)CC1. The molecule has 1 atom stereocenters. The van der Waals surface area contributed by atoms with Gasteiger partial charge in [0.2, 0.25) is 11.8 Å². The second kappa shape index (κ2) is 6.74. The highest BCUT2D eigenvalue weighted by atomic mass is 16.3. The summed E-state index contributed by atoms with van der Waals surface area (Å²) in [7, 11) is 0. The van der Waals surface area contributed by atoms with Crippen molar-refractivity contribution < 1.29 is 14.0 Å². The number of amides is 2. The maximum absolute atomic E-state index is 12.8. The molecule has 2 aliphatic rings. The number of carbonyl (C=O) groups is 2. The minimum Gasteiger partial charge on any atom is -0.464 e. The lowest BCUT2D eigenvalue weighted by Crippen LogP contribution is -2.53. The Labute approximate surface area is 137 Å². The topological polar surface area (TPSA) is 57.0 Å². The van der Waals surface area contributed by atoms with E-state index in [2.05, 4.69) is 11.8 Å². The standard InChI is InChI=1S/C17H25N3O3/c1-3-18-8-10-19(11-9-18)17(22)15-6-7-16(21)20(15)12-14-5-4-13(2)23-14/h4-5,15H,3,6-12H2,1-2H3. The first-order valence-electron chi connectivity index (χ1n) is 8.44. The first kappa shape index (κ1) is 16.1. The van der Waals surface area contributed by atoms with E-state index in [4.69, 9.17) is 4.42 Å². The van der Waals surface area contributed by atoms with Crippen LogP contribution in [0.3, 0.4) is 0 Å². The number of furan rings is 1. The molecule has 0 N–H and O–H groups in total. The molecule has 2 aliphatic heterocycles. The number of carbonyl (C=O) groups excluding carboxylic acids is 2. The normalized spacial score (nSPS) is 22.9. The van der Waals surface area contributed by atoms with Crippen molar-refractivity contribution in [1.29, 1.82) is 0 Å². The maximum atomic E-state index is 12.8. The van der Waals surface area contributed by atoms with Gasteiger partial charge in [-0.25, -0.2) is 0 Å². The zero-order valence-corrected chi connectivity index (χ0v) is 14.0. The first-order chi connectivity index (χ1) is 11.1. The van der Waals surface area contributed by atoms with Gasteiger partial charge in [-0.2, -0.15) is 0 Å². The van der Waals surface area contributed by atoms with Gasteiger partial charge in [0.05, 0.1) is 6.54 Å². The van der Waals surface area contributed by atoms with Crippen LogP contribution in [-0.2, 0) is 16.1 Å². The molecule has 6 heteroatoms. The Hall–Kier alpha value is -1.82. The molecule has 6 nitrogen and oxygen atoms in total. The average molecular weight is 319 g/mol. The third-order valence-electron chi connectivity index (χ3n) is 4.87. The summed E-state index contributed by atoms with van der Waals surface area (Å²) >= 11 is 0. The highest BCUT2D eigenvalue weighted by Crippen LogP contribution is 2.24. The fraction of sp³-hybridized carbons (Fsp3) is 0.647. The lowest BCUT2D eigenvalue weighted by atomic mass is 10.1. The zero-order valence-electron chi connectivity index (χ0n) is 14.0. The average Bonchev–Trinajstić information content (AvgIpc) is 3.14. The van der Waals surface area contributed by atoms with Crippen molar-refractivity contribution >= 4 is 11.8 Å². The van der Waals surface area contributed by atoms with E-state index in [0.29, 0.717) is 19.4 Å². The monoisotopic (exact) mass is 319 g/mol. The molecule has 0 aliphatic carbocycles. The van der Waals surface area contributed by atoms with Gasteiger partial charge in [-0.15, -0.1) is 0 Å². The molecule has 3 heterocycles. The van der Waals surface area contributed by atoms with Gasteiger partial charge in [-0.3, -0.25) is 9.59 Å². The fourth-order valence-electron chi connectivity index (χ4n) is 3.42. The summed E-state index contributed by atoms with van der Waals surface area (Å²) in [4.78, 5) is 31.0. The van der Waals surface area contributed by atoms with Crippen molar-refractivity contribution in [3.8, 4) is 0 Å². The molecule has 3 rings (SSSR count). The minimum absolute atomic E-state index is 0.0459. The van der Waals surface area contributed by atoms with E-state index in [-0.39, 0.29) is 17.9 Å². The number of likely N-dealkylation sites (tertiary alicyclic amines) is 1. The van der Waals surface area contributed by atoms with Crippen molar-refractivity contribution in [2.24, 2.45) is 0 Å². The largest absolute Gasteiger partial charge is 0.464 e. The molecule has 0 radical (unpaired) electrons. The minimum atomic E-state index is -0.332. The molecule has 0 aromatic carbocycles. The molecule has 1 unspecified atom stereocenters. The molecule has 2 saturated heterocycles. The Morgan fingerprint density at radius 3 is 2.61 bits per heavy atom. The van der Waals surface area contributed by atoms with E-state index in [1.54, 1.807) is 4.90 Å². The Kier molecular flexibility index (Phi) is 4.71. The number of hydrogen-bond donors (Lipinski definition) is 0. The van der Waals surface area contributed by atoms with Gasteiger partial charge in [-0.05, 0) is 32.0 Å². The molecule has 126 valence electrons. The van der Waals surface area contributed by atoms with E-state index >= 15 is 0 Å². The van der Waals surface area contributed by atoms with Crippen LogP contribution in [0, 0.1) is 6.92 Å². The van der Waals surface area contributed by atoms with Crippen LogP contribution in [-0.4, -0.2) is 65.3 Å². The van der Waals surface area contributed by atoms with Crippen molar-refractivity contribution in [2.45, 2.75) is 39.3 Å². The Morgan fingerprint density at radius 1 is 1.26 bits per heavy atom. The zero-order chi connectivity index (χ0) is 16.4. The molecule has 1 aromatic rings. The number of nitrogens with zero attached hydrogens (tertiary/aromatic N) is 3. The van der Waals surface area contributed by atoms with Crippen LogP contribution < -0.4 is 0 Å². The van der Waals surface area contributed by atoms with Crippen LogP contribution in [0.15, 0.2) is 16.5 Å². The molecule has 1 aromatic heterocycles. The van der Waals surface area contributed by atoms with Crippen LogP contribution in [0.1, 0.15) is 31.3 Å². The lowest BCUT2D eigenvalue weighted by molar-refractivity contribution is -0.143. The van der Waals surface area contributed by atoms with E-state index in [9.17, 15) is 9.59 Å². The van der Waals surface area contributed by atoms with Gasteiger partial charge in [0.1, 0.15) is 17.6 Å². The summed E-state index contributed by atoms with van der Waals surface area (Å²) in [5.41, 5.74) is 0. The molecule has 2 amide bonds. The summed E-state index contributed by atoms with van der Waals surface area (Å²) in [6.45, 7) is 8.77. The quantitative estimate of drug-likeness (QED) is 0.838. The van der Waals surface area contributed by atoms with Gasteiger partial charge in [0, 0.05) is 32.6 Å². The van der Waals surface area contributed by atoms with Gasteiger partial charge in [0.15, 0.2) is 0 Å². The van der Waals surface area contributed by atoms with Gasteiger partial charge >= 0.3 is 0 Å². The van der Waals surface area contributed by atoms with Crippen LogP contribution >= 0.6 is 0 Å². The fourth-order valence-corrected chi connectivity index (χ4v) is 3.42. The van der Waals surface area contributed by atoms with E-state index in [0.717, 1.165) is 44.2 Å². The Bertz CT molecular complexity index is 575. The number of rotatable bonds is 4. The molecule has 23 heavy (non-hydrogen) atoms. The summed E-state index contributed by atoms with van der Waals surface area (Å²) in [5, 5.41) is 0. The first-order valence-corrected chi connectivity index (χ1v) is 8.44. The smallest absolute Gasteiger partial charge is 0.245 e. The second-order valence-electron chi connectivity index (χ2n) is 6.35. The molecule has 0 spiro atoms. The summed E-state index contributed by atoms with van der Waals surface area (Å²) in [6.07, 6.45) is 1.07. The van der Waals surface area contributed by atoms with Crippen molar-refractivity contribution in [2.75, 3.05) is 32.7 Å². The lowest BCUT2D eigenvalue weighted by Gasteiger charge is -2.36.